The Labute approximate surface area is 144 Å². The molecule has 0 aliphatic rings. The van der Waals surface area contributed by atoms with Crippen molar-refractivity contribution in [3.8, 4) is 11.1 Å². The van der Waals surface area contributed by atoms with E-state index in [1.807, 2.05) is 49.5 Å². The lowest BCUT2D eigenvalue weighted by Crippen LogP contribution is -2.03. The fourth-order valence-electron chi connectivity index (χ4n) is 2.96. The van der Waals surface area contributed by atoms with Crippen molar-refractivity contribution in [3.05, 3.63) is 78.0 Å². The van der Waals surface area contributed by atoms with Gasteiger partial charge in [0.05, 0.1) is 12.2 Å². The van der Waals surface area contributed by atoms with Crippen LogP contribution in [-0.4, -0.2) is 15.0 Å². The number of hydrogen-bond donors (Lipinski definition) is 2. The van der Waals surface area contributed by atoms with E-state index in [0.717, 1.165) is 39.2 Å². The standard InChI is InChI=1S/C20H17FN4/c1-13-10-14(21)5-6-16(13)18-11-19(25-20-17(18)7-9-23-20)24-12-15-4-2-3-8-22-15/h2-11H,12H2,1H3,(H2,23,24,25). The molecule has 0 atom stereocenters. The van der Waals surface area contributed by atoms with Crippen LogP contribution < -0.4 is 5.32 Å². The van der Waals surface area contributed by atoms with E-state index < -0.39 is 0 Å². The Morgan fingerprint density at radius 3 is 2.80 bits per heavy atom. The van der Waals surface area contributed by atoms with E-state index in [9.17, 15) is 4.39 Å². The van der Waals surface area contributed by atoms with Crippen molar-refractivity contribution >= 4 is 16.9 Å². The number of halogens is 1. The molecule has 3 aromatic heterocycles. The minimum atomic E-state index is -0.228. The zero-order valence-corrected chi connectivity index (χ0v) is 13.8. The summed E-state index contributed by atoms with van der Waals surface area (Å²) < 4.78 is 13.5. The zero-order valence-electron chi connectivity index (χ0n) is 13.8. The van der Waals surface area contributed by atoms with Gasteiger partial charge in [-0.15, -0.1) is 0 Å². The van der Waals surface area contributed by atoms with E-state index in [1.165, 1.54) is 6.07 Å². The number of H-pyrrole nitrogens is 1. The fraction of sp³-hybridized carbons (Fsp3) is 0.100. The second-order valence-electron chi connectivity index (χ2n) is 5.93. The summed E-state index contributed by atoms with van der Waals surface area (Å²) in [4.78, 5) is 12.1. The highest BCUT2D eigenvalue weighted by Gasteiger charge is 2.11. The first-order valence-corrected chi connectivity index (χ1v) is 8.09. The quantitative estimate of drug-likeness (QED) is 0.570. The molecule has 0 saturated carbocycles. The molecule has 5 heteroatoms. The van der Waals surface area contributed by atoms with Crippen LogP contribution in [0, 0.1) is 12.7 Å². The number of rotatable bonds is 4. The Hall–Kier alpha value is -3.21. The summed E-state index contributed by atoms with van der Waals surface area (Å²) in [6.45, 7) is 2.50. The Morgan fingerprint density at radius 1 is 1.08 bits per heavy atom. The molecule has 4 aromatic rings. The highest BCUT2D eigenvalue weighted by molar-refractivity contribution is 5.95. The van der Waals surface area contributed by atoms with Gasteiger partial charge in [-0.05, 0) is 60.0 Å². The van der Waals surface area contributed by atoms with Crippen LogP contribution in [0.3, 0.4) is 0 Å². The molecule has 1 aromatic carbocycles. The number of hydrogen-bond acceptors (Lipinski definition) is 3. The molecule has 124 valence electrons. The van der Waals surface area contributed by atoms with Crippen molar-refractivity contribution in [3.63, 3.8) is 0 Å². The third-order valence-corrected chi connectivity index (χ3v) is 4.18. The number of benzene rings is 1. The zero-order chi connectivity index (χ0) is 17.2. The Balaban J connectivity index is 1.74. The van der Waals surface area contributed by atoms with Gasteiger partial charge in [-0.3, -0.25) is 4.98 Å². The number of aromatic nitrogens is 3. The normalized spacial score (nSPS) is 11.0. The van der Waals surface area contributed by atoms with Crippen LogP contribution >= 0.6 is 0 Å². The van der Waals surface area contributed by atoms with Gasteiger partial charge in [-0.25, -0.2) is 9.37 Å². The Morgan fingerprint density at radius 2 is 2.00 bits per heavy atom. The van der Waals surface area contributed by atoms with Crippen LogP contribution in [-0.2, 0) is 6.54 Å². The monoisotopic (exact) mass is 332 g/mol. The molecular formula is C20H17FN4. The first kappa shape index (κ1) is 15.3. The summed E-state index contributed by atoms with van der Waals surface area (Å²) in [6, 6.07) is 14.7. The number of nitrogens with one attached hydrogen (secondary N) is 2. The van der Waals surface area contributed by atoms with Gasteiger partial charge < -0.3 is 10.3 Å². The highest BCUT2D eigenvalue weighted by atomic mass is 19.1. The van der Waals surface area contributed by atoms with Crippen LogP contribution in [0.2, 0.25) is 0 Å². The van der Waals surface area contributed by atoms with E-state index in [0.29, 0.717) is 6.54 Å². The van der Waals surface area contributed by atoms with E-state index in [2.05, 4.69) is 20.3 Å². The molecule has 0 fully saturated rings. The molecule has 0 radical (unpaired) electrons. The predicted molar refractivity (Wildman–Crippen MR) is 97.8 cm³/mol. The molecule has 0 aliphatic carbocycles. The van der Waals surface area contributed by atoms with Gasteiger partial charge in [0.2, 0.25) is 0 Å². The number of nitrogens with zero attached hydrogens (tertiary/aromatic N) is 2. The first-order valence-electron chi connectivity index (χ1n) is 8.09. The summed E-state index contributed by atoms with van der Waals surface area (Å²) >= 11 is 0. The van der Waals surface area contributed by atoms with Crippen LogP contribution in [0.1, 0.15) is 11.3 Å². The summed E-state index contributed by atoms with van der Waals surface area (Å²) in [6.07, 6.45) is 3.63. The van der Waals surface area contributed by atoms with Gasteiger partial charge >= 0.3 is 0 Å². The minimum Gasteiger partial charge on any atom is -0.364 e. The largest absolute Gasteiger partial charge is 0.364 e. The molecule has 0 amide bonds. The summed E-state index contributed by atoms with van der Waals surface area (Å²) in [5.41, 5.74) is 4.64. The molecule has 0 aliphatic heterocycles. The van der Waals surface area contributed by atoms with Crippen LogP contribution in [0.5, 0.6) is 0 Å². The van der Waals surface area contributed by atoms with Crippen molar-refractivity contribution < 1.29 is 4.39 Å². The topological polar surface area (TPSA) is 53.6 Å². The maximum absolute atomic E-state index is 13.5. The summed E-state index contributed by atoms with van der Waals surface area (Å²) in [5, 5.41) is 4.33. The number of aryl methyl sites for hydroxylation is 1. The Kier molecular flexibility index (Phi) is 3.90. The second kappa shape index (κ2) is 6.36. The van der Waals surface area contributed by atoms with E-state index in [1.54, 1.807) is 12.3 Å². The number of fused-ring (bicyclic) bond motifs is 1. The highest BCUT2D eigenvalue weighted by Crippen LogP contribution is 2.32. The van der Waals surface area contributed by atoms with E-state index in [-0.39, 0.29) is 5.82 Å². The average molecular weight is 332 g/mol. The minimum absolute atomic E-state index is 0.228. The van der Waals surface area contributed by atoms with Crippen LogP contribution in [0.25, 0.3) is 22.2 Å². The van der Waals surface area contributed by atoms with Gasteiger partial charge in [0.1, 0.15) is 17.3 Å². The molecule has 0 spiro atoms. The third-order valence-electron chi connectivity index (χ3n) is 4.18. The lowest BCUT2D eigenvalue weighted by atomic mass is 9.99. The van der Waals surface area contributed by atoms with Gasteiger partial charge in [-0.2, -0.15) is 0 Å². The van der Waals surface area contributed by atoms with Gasteiger partial charge in [0.15, 0.2) is 0 Å². The molecule has 0 saturated heterocycles. The van der Waals surface area contributed by atoms with E-state index >= 15 is 0 Å². The second-order valence-corrected chi connectivity index (χ2v) is 5.93. The molecule has 25 heavy (non-hydrogen) atoms. The third kappa shape index (κ3) is 3.08. The van der Waals surface area contributed by atoms with Crippen molar-refractivity contribution in [1.29, 1.82) is 0 Å². The SMILES string of the molecule is Cc1cc(F)ccc1-c1cc(NCc2ccccn2)nc2[nH]ccc12. The lowest BCUT2D eigenvalue weighted by molar-refractivity contribution is 0.627. The summed E-state index contributed by atoms with van der Waals surface area (Å²) in [5.74, 6) is 0.522. The van der Waals surface area contributed by atoms with E-state index in [4.69, 9.17) is 0 Å². The average Bonchev–Trinajstić information content (AvgIpc) is 3.09. The number of pyridine rings is 2. The fourth-order valence-corrected chi connectivity index (χ4v) is 2.96. The van der Waals surface area contributed by atoms with Crippen LogP contribution in [0.4, 0.5) is 10.2 Å². The molecule has 0 bridgehead atoms. The number of aromatic amines is 1. The van der Waals surface area contributed by atoms with Gasteiger partial charge in [-0.1, -0.05) is 12.1 Å². The summed E-state index contributed by atoms with van der Waals surface area (Å²) in [7, 11) is 0. The van der Waals surface area contributed by atoms with Crippen molar-refractivity contribution in [2.24, 2.45) is 0 Å². The van der Waals surface area contributed by atoms with Crippen molar-refractivity contribution in [2.45, 2.75) is 13.5 Å². The smallest absolute Gasteiger partial charge is 0.140 e. The molecule has 3 heterocycles. The van der Waals surface area contributed by atoms with Crippen LogP contribution in [0.15, 0.2) is 60.9 Å². The maximum atomic E-state index is 13.5. The molecule has 4 nitrogen and oxygen atoms in total. The maximum Gasteiger partial charge on any atom is 0.140 e. The first-order chi connectivity index (χ1) is 12.2. The van der Waals surface area contributed by atoms with Gasteiger partial charge in [0, 0.05) is 17.8 Å². The Bertz CT molecular complexity index is 1020. The molecule has 0 unspecified atom stereocenters. The lowest BCUT2D eigenvalue weighted by Gasteiger charge is -2.11. The van der Waals surface area contributed by atoms with Crippen molar-refractivity contribution in [1.82, 2.24) is 15.0 Å². The number of anilines is 1. The molecule has 2 N–H and O–H groups in total. The molecular weight excluding hydrogens is 315 g/mol. The van der Waals surface area contributed by atoms with Gasteiger partial charge in [0.25, 0.3) is 0 Å². The molecule has 4 rings (SSSR count). The van der Waals surface area contributed by atoms with Crippen molar-refractivity contribution in [2.75, 3.05) is 5.32 Å². The predicted octanol–water partition coefficient (Wildman–Crippen LogP) is 4.68.